The third-order valence-electron chi connectivity index (χ3n) is 3.35. The first-order valence-corrected chi connectivity index (χ1v) is 7.89. The molecule has 22 heavy (non-hydrogen) atoms. The summed E-state index contributed by atoms with van der Waals surface area (Å²) in [5.74, 6) is 0.542. The van der Waals surface area contributed by atoms with E-state index in [-0.39, 0.29) is 0 Å². The summed E-state index contributed by atoms with van der Waals surface area (Å²) in [6.07, 6.45) is 0.754. The lowest BCUT2D eigenvalue weighted by Crippen LogP contribution is -1.97. The van der Waals surface area contributed by atoms with E-state index in [4.69, 9.17) is 16.3 Å². The van der Waals surface area contributed by atoms with E-state index >= 15 is 0 Å². The molecule has 3 aromatic rings. The van der Waals surface area contributed by atoms with Crippen molar-refractivity contribution in [3.63, 3.8) is 0 Å². The highest BCUT2D eigenvalue weighted by Crippen LogP contribution is 2.34. The van der Waals surface area contributed by atoms with Crippen molar-refractivity contribution in [2.45, 2.75) is 6.61 Å². The SMILES string of the molecule is O=Cc1cc(Cl)c(OCc2ccc3ccccc3c2)c(Br)c1. The average molecular weight is 376 g/mol. The van der Waals surface area contributed by atoms with Crippen molar-refractivity contribution in [1.82, 2.24) is 0 Å². The van der Waals surface area contributed by atoms with Crippen LogP contribution in [0.25, 0.3) is 10.8 Å². The lowest BCUT2D eigenvalue weighted by atomic mass is 10.1. The number of benzene rings is 3. The Morgan fingerprint density at radius 1 is 1.05 bits per heavy atom. The zero-order chi connectivity index (χ0) is 15.5. The second-order valence-corrected chi connectivity index (χ2v) is 6.16. The average Bonchev–Trinajstić information content (AvgIpc) is 2.53. The molecule has 0 heterocycles. The number of hydrogen-bond acceptors (Lipinski definition) is 2. The third-order valence-corrected chi connectivity index (χ3v) is 4.22. The van der Waals surface area contributed by atoms with Gasteiger partial charge in [-0.2, -0.15) is 0 Å². The summed E-state index contributed by atoms with van der Waals surface area (Å²) < 4.78 is 6.48. The Morgan fingerprint density at radius 3 is 2.55 bits per heavy atom. The normalized spacial score (nSPS) is 10.6. The van der Waals surface area contributed by atoms with Gasteiger partial charge in [-0.3, -0.25) is 4.79 Å². The predicted molar refractivity (Wildman–Crippen MR) is 92.8 cm³/mol. The first-order chi connectivity index (χ1) is 10.7. The number of halogens is 2. The second kappa shape index (κ2) is 6.51. The van der Waals surface area contributed by atoms with Crippen LogP contribution in [0.4, 0.5) is 0 Å². The molecule has 0 fully saturated rings. The van der Waals surface area contributed by atoms with Crippen molar-refractivity contribution in [1.29, 1.82) is 0 Å². The van der Waals surface area contributed by atoms with E-state index in [2.05, 4.69) is 40.2 Å². The van der Waals surface area contributed by atoms with Crippen LogP contribution in [0.1, 0.15) is 15.9 Å². The van der Waals surface area contributed by atoms with E-state index in [9.17, 15) is 4.79 Å². The zero-order valence-electron chi connectivity index (χ0n) is 11.6. The lowest BCUT2D eigenvalue weighted by Gasteiger charge is -2.11. The van der Waals surface area contributed by atoms with Gasteiger partial charge < -0.3 is 4.74 Å². The quantitative estimate of drug-likeness (QED) is 0.551. The van der Waals surface area contributed by atoms with Gasteiger partial charge in [0.05, 0.1) is 9.50 Å². The van der Waals surface area contributed by atoms with Crippen molar-refractivity contribution in [3.05, 3.63) is 75.2 Å². The van der Waals surface area contributed by atoms with E-state index < -0.39 is 0 Å². The van der Waals surface area contributed by atoms with Crippen molar-refractivity contribution >= 4 is 44.6 Å². The third kappa shape index (κ3) is 3.16. The standard InChI is InChI=1S/C18H12BrClO2/c19-16-8-13(10-21)9-17(20)18(16)22-11-12-5-6-14-3-1-2-4-15(14)7-12/h1-10H,11H2. The number of carbonyl (C=O) groups is 1. The van der Waals surface area contributed by atoms with Crippen LogP contribution in [-0.4, -0.2) is 6.29 Å². The molecule has 0 aliphatic carbocycles. The number of ether oxygens (including phenoxy) is 1. The van der Waals surface area contributed by atoms with Crippen molar-refractivity contribution in [2.75, 3.05) is 0 Å². The first kappa shape index (κ1) is 15.1. The Labute approximate surface area is 141 Å². The summed E-state index contributed by atoms with van der Waals surface area (Å²) in [4.78, 5) is 10.8. The van der Waals surface area contributed by atoms with E-state index in [0.717, 1.165) is 11.8 Å². The van der Waals surface area contributed by atoms with Gasteiger partial charge in [0.2, 0.25) is 0 Å². The zero-order valence-corrected chi connectivity index (χ0v) is 13.9. The highest BCUT2D eigenvalue weighted by atomic mass is 79.9. The smallest absolute Gasteiger partial charge is 0.152 e. The minimum atomic E-state index is 0.406. The highest BCUT2D eigenvalue weighted by molar-refractivity contribution is 9.10. The summed E-state index contributed by atoms with van der Waals surface area (Å²) in [7, 11) is 0. The van der Waals surface area contributed by atoms with Gasteiger partial charge in [0.15, 0.2) is 5.75 Å². The van der Waals surface area contributed by atoms with Crippen LogP contribution < -0.4 is 4.74 Å². The van der Waals surface area contributed by atoms with Crippen molar-refractivity contribution < 1.29 is 9.53 Å². The maximum Gasteiger partial charge on any atom is 0.152 e. The Morgan fingerprint density at radius 2 is 1.82 bits per heavy atom. The molecule has 0 aliphatic heterocycles. The van der Waals surface area contributed by atoms with Gasteiger partial charge >= 0.3 is 0 Å². The molecule has 110 valence electrons. The van der Waals surface area contributed by atoms with Gasteiger partial charge in [0.1, 0.15) is 12.9 Å². The summed E-state index contributed by atoms with van der Waals surface area (Å²) in [5.41, 5.74) is 1.57. The molecule has 0 saturated heterocycles. The maximum atomic E-state index is 10.8. The van der Waals surface area contributed by atoms with Crippen molar-refractivity contribution in [3.8, 4) is 5.75 Å². The van der Waals surface area contributed by atoms with Gasteiger partial charge in [0.25, 0.3) is 0 Å². The fourth-order valence-electron chi connectivity index (χ4n) is 2.27. The second-order valence-electron chi connectivity index (χ2n) is 4.90. The molecule has 0 unspecified atom stereocenters. The monoisotopic (exact) mass is 374 g/mol. The van der Waals surface area contributed by atoms with E-state index in [0.29, 0.717) is 27.4 Å². The molecule has 0 amide bonds. The minimum absolute atomic E-state index is 0.406. The Balaban J connectivity index is 1.83. The minimum Gasteiger partial charge on any atom is -0.486 e. The molecule has 0 atom stereocenters. The van der Waals surface area contributed by atoms with Crippen molar-refractivity contribution in [2.24, 2.45) is 0 Å². The van der Waals surface area contributed by atoms with E-state index in [1.54, 1.807) is 12.1 Å². The van der Waals surface area contributed by atoms with Gasteiger partial charge in [-0.15, -0.1) is 0 Å². The van der Waals surface area contributed by atoms with E-state index in [1.165, 1.54) is 10.8 Å². The van der Waals surface area contributed by atoms with Crippen LogP contribution in [0, 0.1) is 0 Å². The molecule has 3 rings (SSSR count). The Bertz CT molecular complexity index is 822. The van der Waals surface area contributed by atoms with Crippen LogP contribution in [0.15, 0.2) is 59.1 Å². The summed E-state index contributed by atoms with van der Waals surface area (Å²) in [6, 6.07) is 17.7. The van der Waals surface area contributed by atoms with Gasteiger partial charge in [0, 0.05) is 5.56 Å². The Kier molecular flexibility index (Phi) is 4.46. The first-order valence-electron chi connectivity index (χ1n) is 6.72. The molecule has 4 heteroatoms. The number of aldehydes is 1. The number of hydrogen-bond donors (Lipinski definition) is 0. The van der Waals surface area contributed by atoms with Crippen LogP contribution in [0.2, 0.25) is 5.02 Å². The molecule has 3 aromatic carbocycles. The summed E-state index contributed by atoms with van der Waals surface area (Å²) in [5, 5.41) is 2.78. The molecular weight excluding hydrogens is 364 g/mol. The number of fused-ring (bicyclic) bond motifs is 1. The maximum absolute atomic E-state index is 10.8. The molecule has 0 aromatic heterocycles. The van der Waals surface area contributed by atoms with E-state index in [1.807, 2.05) is 18.2 Å². The summed E-state index contributed by atoms with van der Waals surface area (Å²) in [6.45, 7) is 0.406. The summed E-state index contributed by atoms with van der Waals surface area (Å²) >= 11 is 9.54. The van der Waals surface area contributed by atoms with Crippen LogP contribution in [0.5, 0.6) is 5.75 Å². The highest BCUT2D eigenvalue weighted by Gasteiger charge is 2.09. The van der Waals surface area contributed by atoms with Gasteiger partial charge in [-0.05, 0) is 50.5 Å². The molecule has 0 radical (unpaired) electrons. The van der Waals surface area contributed by atoms with Crippen LogP contribution in [-0.2, 0) is 6.61 Å². The van der Waals surface area contributed by atoms with Gasteiger partial charge in [-0.25, -0.2) is 0 Å². The molecule has 0 aliphatic rings. The molecule has 0 N–H and O–H groups in total. The number of rotatable bonds is 4. The molecular formula is C18H12BrClO2. The van der Waals surface area contributed by atoms with Gasteiger partial charge in [-0.1, -0.05) is 48.0 Å². The molecule has 0 saturated carbocycles. The fraction of sp³-hybridized carbons (Fsp3) is 0.0556. The predicted octanol–water partition coefficient (Wildman–Crippen LogP) is 5.65. The molecule has 2 nitrogen and oxygen atoms in total. The fourth-order valence-corrected chi connectivity index (χ4v) is 3.26. The lowest BCUT2D eigenvalue weighted by molar-refractivity contribution is 0.112. The Hall–Kier alpha value is -1.84. The largest absolute Gasteiger partial charge is 0.486 e. The van der Waals surface area contributed by atoms with Crippen LogP contribution in [0.3, 0.4) is 0 Å². The molecule has 0 spiro atoms. The topological polar surface area (TPSA) is 26.3 Å². The molecule has 0 bridgehead atoms. The van der Waals surface area contributed by atoms with Crippen LogP contribution >= 0.6 is 27.5 Å². The number of carbonyl (C=O) groups excluding carboxylic acids is 1.